The van der Waals surface area contributed by atoms with Gasteiger partial charge in [0.25, 0.3) is 0 Å². The molecule has 1 nitrogen and oxygen atoms in total. The summed E-state index contributed by atoms with van der Waals surface area (Å²) in [5.41, 5.74) is 4.32. The number of hydrogen-bond donors (Lipinski definition) is 1. The third-order valence-corrected chi connectivity index (χ3v) is 3.39. The fourth-order valence-corrected chi connectivity index (χ4v) is 2.44. The monoisotopic (exact) mass is 197 g/mol. The smallest absolute Gasteiger partial charge is 0.0214 e. The standard InChI is InChI=1S/C14H15N/c1-10-7-8-15-14(10)13-9-12(13)11-5-3-2-4-6-11/h2-8,12-13,15H,9H2,1H3. The number of benzene rings is 1. The quantitative estimate of drug-likeness (QED) is 0.757. The molecule has 2 atom stereocenters. The van der Waals surface area contributed by atoms with Crippen molar-refractivity contribution in [3.63, 3.8) is 0 Å². The van der Waals surface area contributed by atoms with Crippen molar-refractivity contribution >= 4 is 0 Å². The van der Waals surface area contributed by atoms with E-state index in [-0.39, 0.29) is 0 Å². The zero-order chi connectivity index (χ0) is 10.3. The summed E-state index contributed by atoms with van der Waals surface area (Å²) in [6, 6.07) is 13.0. The molecule has 0 amide bonds. The molecule has 0 aliphatic heterocycles. The maximum Gasteiger partial charge on any atom is 0.0214 e. The minimum Gasteiger partial charge on any atom is -0.365 e. The summed E-state index contributed by atoms with van der Waals surface area (Å²) >= 11 is 0. The third-order valence-electron chi connectivity index (χ3n) is 3.39. The molecule has 0 radical (unpaired) electrons. The van der Waals surface area contributed by atoms with Gasteiger partial charge in [-0.15, -0.1) is 0 Å². The van der Waals surface area contributed by atoms with Gasteiger partial charge in [0.2, 0.25) is 0 Å². The van der Waals surface area contributed by atoms with E-state index in [0.717, 1.165) is 11.8 Å². The zero-order valence-electron chi connectivity index (χ0n) is 8.90. The van der Waals surface area contributed by atoms with Crippen molar-refractivity contribution in [1.82, 2.24) is 4.98 Å². The summed E-state index contributed by atoms with van der Waals surface area (Å²) in [7, 11) is 0. The first-order valence-electron chi connectivity index (χ1n) is 5.55. The lowest BCUT2D eigenvalue weighted by Crippen LogP contribution is -1.86. The number of aromatic nitrogens is 1. The van der Waals surface area contributed by atoms with Crippen LogP contribution in [0.15, 0.2) is 42.6 Å². The van der Waals surface area contributed by atoms with E-state index >= 15 is 0 Å². The number of nitrogens with one attached hydrogen (secondary N) is 1. The Morgan fingerprint density at radius 2 is 1.87 bits per heavy atom. The fourth-order valence-electron chi connectivity index (χ4n) is 2.44. The topological polar surface area (TPSA) is 15.8 Å². The number of rotatable bonds is 2. The van der Waals surface area contributed by atoms with Crippen LogP contribution in [0, 0.1) is 6.92 Å². The Balaban J connectivity index is 1.83. The molecule has 1 fully saturated rings. The molecule has 15 heavy (non-hydrogen) atoms. The summed E-state index contributed by atoms with van der Waals surface area (Å²) in [5, 5.41) is 0. The lowest BCUT2D eigenvalue weighted by molar-refractivity contribution is 0.970. The van der Waals surface area contributed by atoms with E-state index in [0.29, 0.717) is 0 Å². The summed E-state index contributed by atoms with van der Waals surface area (Å²) in [6.45, 7) is 2.19. The van der Waals surface area contributed by atoms with E-state index in [1.54, 1.807) is 0 Å². The van der Waals surface area contributed by atoms with Gasteiger partial charge in [0.1, 0.15) is 0 Å². The van der Waals surface area contributed by atoms with Crippen LogP contribution in [0.25, 0.3) is 0 Å². The molecule has 1 heterocycles. The molecule has 3 rings (SSSR count). The Morgan fingerprint density at radius 3 is 2.53 bits per heavy atom. The molecule has 2 aromatic rings. The first-order valence-corrected chi connectivity index (χ1v) is 5.55. The predicted octanol–water partition coefficient (Wildman–Crippen LogP) is 3.59. The van der Waals surface area contributed by atoms with Crippen LogP contribution >= 0.6 is 0 Å². The average Bonchev–Trinajstić information content (AvgIpc) is 2.96. The van der Waals surface area contributed by atoms with Crippen molar-refractivity contribution in [2.24, 2.45) is 0 Å². The van der Waals surface area contributed by atoms with Gasteiger partial charge in [-0.25, -0.2) is 0 Å². The van der Waals surface area contributed by atoms with Gasteiger partial charge in [-0.05, 0) is 36.5 Å². The van der Waals surface area contributed by atoms with Gasteiger partial charge in [-0.1, -0.05) is 30.3 Å². The van der Waals surface area contributed by atoms with Crippen molar-refractivity contribution in [3.05, 3.63) is 59.4 Å². The van der Waals surface area contributed by atoms with Crippen molar-refractivity contribution in [3.8, 4) is 0 Å². The third kappa shape index (κ3) is 1.48. The number of H-pyrrole nitrogens is 1. The Bertz CT molecular complexity index is 455. The second kappa shape index (κ2) is 3.27. The summed E-state index contributed by atoms with van der Waals surface area (Å²) in [6.07, 6.45) is 3.34. The van der Waals surface area contributed by atoms with Crippen molar-refractivity contribution in [2.75, 3.05) is 0 Å². The molecule has 0 spiro atoms. The van der Waals surface area contributed by atoms with Gasteiger partial charge in [-0.2, -0.15) is 0 Å². The van der Waals surface area contributed by atoms with Crippen LogP contribution in [0.5, 0.6) is 0 Å². The zero-order valence-corrected chi connectivity index (χ0v) is 8.90. The van der Waals surface area contributed by atoms with Gasteiger partial charge in [-0.3, -0.25) is 0 Å². The molecule has 1 saturated carbocycles. The molecule has 0 bridgehead atoms. The molecule has 1 aliphatic carbocycles. The molecule has 1 aromatic heterocycles. The highest BCUT2D eigenvalue weighted by Gasteiger charge is 2.40. The first-order chi connectivity index (χ1) is 7.36. The average molecular weight is 197 g/mol. The molecule has 0 saturated heterocycles. The number of hydrogen-bond acceptors (Lipinski definition) is 0. The van der Waals surface area contributed by atoms with Crippen LogP contribution in [0.3, 0.4) is 0 Å². The van der Waals surface area contributed by atoms with E-state index in [1.807, 2.05) is 6.20 Å². The van der Waals surface area contributed by atoms with Crippen molar-refractivity contribution in [1.29, 1.82) is 0 Å². The molecule has 1 heteroatoms. The second-order valence-corrected chi connectivity index (χ2v) is 4.43. The molecule has 1 N–H and O–H groups in total. The van der Waals surface area contributed by atoms with Crippen LogP contribution in [-0.2, 0) is 0 Å². The van der Waals surface area contributed by atoms with Crippen LogP contribution in [0.2, 0.25) is 0 Å². The Labute approximate surface area is 90.2 Å². The fraction of sp³-hybridized carbons (Fsp3) is 0.286. The van der Waals surface area contributed by atoms with Gasteiger partial charge in [0, 0.05) is 17.8 Å². The highest BCUT2D eigenvalue weighted by Crippen LogP contribution is 2.54. The van der Waals surface area contributed by atoms with Crippen molar-refractivity contribution in [2.45, 2.75) is 25.2 Å². The van der Waals surface area contributed by atoms with Crippen molar-refractivity contribution < 1.29 is 0 Å². The highest BCUT2D eigenvalue weighted by molar-refractivity contribution is 5.36. The summed E-state index contributed by atoms with van der Waals surface area (Å²) in [4.78, 5) is 3.37. The first kappa shape index (κ1) is 8.78. The van der Waals surface area contributed by atoms with Gasteiger partial charge in [0.15, 0.2) is 0 Å². The minimum absolute atomic E-state index is 0.724. The second-order valence-electron chi connectivity index (χ2n) is 4.43. The summed E-state index contributed by atoms with van der Waals surface area (Å²) < 4.78 is 0. The Kier molecular flexibility index (Phi) is 1.91. The van der Waals surface area contributed by atoms with Crippen LogP contribution in [0.1, 0.15) is 35.1 Å². The number of aryl methyl sites for hydroxylation is 1. The van der Waals surface area contributed by atoms with E-state index < -0.39 is 0 Å². The van der Waals surface area contributed by atoms with E-state index in [4.69, 9.17) is 0 Å². The SMILES string of the molecule is Cc1cc[nH]c1C1CC1c1ccccc1. The van der Waals surface area contributed by atoms with Gasteiger partial charge >= 0.3 is 0 Å². The van der Waals surface area contributed by atoms with E-state index in [2.05, 4.69) is 48.3 Å². The normalized spacial score (nSPS) is 24.1. The Morgan fingerprint density at radius 1 is 1.07 bits per heavy atom. The largest absolute Gasteiger partial charge is 0.365 e. The predicted molar refractivity (Wildman–Crippen MR) is 62.1 cm³/mol. The lowest BCUT2D eigenvalue weighted by atomic mass is 10.1. The van der Waals surface area contributed by atoms with Crippen LogP contribution in [-0.4, -0.2) is 4.98 Å². The van der Waals surface area contributed by atoms with Gasteiger partial charge in [0.05, 0.1) is 0 Å². The maximum absolute atomic E-state index is 3.37. The molecular weight excluding hydrogens is 182 g/mol. The summed E-state index contributed by atoms with van der Waals surface area (Å²) in [5.74, 6) is 1.46. The number of aromatic amines is 1. The minimum atomic E-state index is 0.724. The molecule has 1 aliphatic rings. The highest BCUT2D eigenvalue weighted by atomic mass is 14.7. The maximum atomic E-state index is 3.37. The molecular formula is C14H15N. The molecule has 2 unspecified atom stereocenters. The van der Waals surface area contributed by atoms with Crippen LogP contribution < -0.4 is 0 Å². The van der Waals surface area contributed by atoms with Crippen LogP contribution in [0.4, 0.5) is 0 Å². The van der Waals surface area contributed by atoms with Gasteiger partial charge < -0.3 is 4.98 Å². The molecule has 76 valence electrons. The molecule has 1 aromatic carbocycles. The van der Waals surface area contributed by atoms with E-state index in [1.165, 1.54) is 23.2 Å². The van der Waals surface area contributed by atoms with E-state index in [9.17, 15) is 0 Å². The Hall–Kier alpha value is -1.50. The lowest BCUT2D eigenvalue weighted by Gasteiger charge is -2.00.